The number of aromatic nitrogens is 2. The molecule has 0 radical (unpaired) electrons. The van der Waals surface area contributed by atoms with E-state index in [1.165, 1.54) is 0 Å². The van der Waals surface area contributed by atoms with Gasteiger partial charge in [-0.2, -0.15) is 4.98 Å². The van der Waals surface area contributed by atoms with Gasteiger partial charge in [0.1, 0.15) is 6.10 Å². The molecule has 0 aliphatic heterocycles. The van der Waals surface area contributed by atoms with Crippen LogP contribution in [0.2, 0.25) is 0 Å². The molecule has 1 heterocycles. The van der Waals surface area contributed by atoms with Crippen LogP contribution in [0.4, 0.5) is 5.95 Å². The van der Waals surface area contributed by atoms with Gasteiger partial charge in [-0.05, 0) is 20.8 Å². The third kappa shape index (κ3) is 3.63. The van der Waals surface area contributed by atoms with Crippen LogP contribution in [0.1, 0.15) is 19.4 Å². The molecule has 1 unspecified atom stereocenters. The Labute approximate surface area is 95.1 Å². The molecule has 1 rings (SSSR count). The summed E-state index contributed by atoms with van der Waals surface area (Å²) >= 11 is 0. The quantitative estimate of drug-likeness (QED) is 0.553. The Hall–Kier alpha value is -1.40. The van der Waals surface area contributed by atoms with Crippen molar-refractivity contribution in [1.29, 1.82) is 0 Å². The van der Waals surface area contributed by atoms with Gasteiger partial charge in [0.25, 0.3) is 0 Å². The minimum atomic E-state index is -0.0563. The van der Waals surface area contributed by atoms with Crippen LogP contribution >= 0.6 is 0 Å². The van der Waals surface area contributed by atoms with E-state index in [1.807, 2.05) is 20.8 Å². The monoisotopic (exact) mass is 226 g/mol. The summed E-state index contributed by atoms with van der Waals surface area (Å²) in [5.41, 5.74) is 3.24. The summed E-state index contributed by atoms with van der Waals surface area (Å²) in [4.78, 5) is 8.08. The average Bonchev–Trinajstić information content (AvgIpc) is 2.29. The van der Waals surface area contributed by atoms with E-state index < -0.39 is 0 Å². The Morgan fingerprint density at radius 1 is 1.56 bits per heavy atom. The smallest absolute Gasteiger partial charge is 0.240 e. The number of ether oxygens (including phenoxy) is 2. The normalized spacial score (nSPS) is 12.2. The third-order valence-corrected chi connectivity index (χ3v) is 1.92. The molecule has 0 saturated heterocycles. The lowest BCUT2D eigenvalue weighted by Crippen LogP contribution is -2.21. The number of hydrogen-bond donors (Lipinski definition) is 2. The standard InChI is InChI=1S/C10H18N4O2/c1-4-15-6-8(3)16-9-7(2)5-12-10(13-9)14-11/h5,8H,4,6,11H2,1-3H3,(H,12,13,14). The van der Waals surface area contributed by atoms with E-state index in [9.17, 15) is 0 Å². The highest BCUT2D eigenvalue weighted by Gasteiger charge is 2.09. The first-order valence-electron chi connectivity index (χ1n) is 5.22. The van der Waals surface area contributed by atoms with Crippen LogP contribution in [0, 0.1) is 6.92 Å². The summed E-state index contributed by atoms with van der Waals surface area (Å²) < 4.78 is 10.9. The Morgan fingerprint density at radius 2 is 2.31 bits per heavy atom. The summed E-state index contributed by atoms with van der Waals surface area (Å²) in [5, 5.41) is 0. The van der Waals surface area contributed by atoms with Crippen LogP contribution in [0.15, 0.2) is 6.20 Å². The Bertz CT molecular complexity index is 333. The van der Waals surface area contributed by atoms with Crippen molar-refractivity contribution in [1.82, 2.24) is 9.97 Å². The van der Waals surface area contributed by atoms with Gasteiger partial charge in [-0.15, -0.1) is 0 Å². The van der Waals surface area contributed by atoms with Gasteiger partial charge >= 0.3 is 0 Å². The van der Waals surface area contributed by atoms with E-state index in [0.29, 0.717) is 25.0 Å². The fourth-order valence-corrected chi connectivity index (χ4v) is 1.12. The van der Waals surface area contributed by atoms with Crippen molar-refractivity contribution >= 4 is 5.95 Å². The molecule has 6 nitrogen and oxygen atoms in total. The number of hydrazine groups is 1. The Kier molecular flexibility index (Phi) is 4.94. The molecular formula is C10H18N4O2. The molecule has 16 heavy (non-hydrogen) atoms. The largest absolute Gasteiger partial charge is 0.472 e. The zero-order valence-electron chi connectivity index (χ0n) is 9.86. The van der Waals surface area contributed by atoms with Gasteiger partial charge in [0.15, 0.2) is 0 Å². The molecule has 0 spiro atoms. The second-order valence-electron chi connectivity index (χ2n) is 3.41. The molecule has 1 aromatic heterocycles. The second-order valence-corrected chi connectivity index (χ2v) is 3.41. The number of aryl methyl sites for hydroxylation is 1. The van der Waals surface area contributed by atoms with Crippen LogP contribution in [-0.4, -0.2) is 29.3 Å². The van der Waals surface area contributed by atoms with Gasteiger partial charge in [0.05, 0.1) is 6.61 Å². The van der Waals surface area contributed by atoms with Crippen molar-refractivity contribution in [3.63, 3.8) is 0 Å². The maximum absolute atomic E-state index is 5.62. The van der Waals surface area contributed by atoms with E-state index in [2.05, 4.69) is 15.4 Å². The molecule has 0 aromatic carbocycles. The number of nitrogens with one attached hydrogen (secondary N) is 1. The first kappa shape index (κ1) is 12.7. The number of hydrogen-bond acceptors (Lipinski definition) is 6. The predicted octanol–water partition coefficient (Wildman–Crippen LogP) is 0.874. The molecule has 6 heteroatoms. The van der Waals surface area contributed by atoms with Gasteiger partial charge in [0.2, 0.25) is 11.8 Å². The van der Waals surface area contributed by atoms with Crippen LogP contribution in [0.25, 0.3) is 0 Å². The molecule has 0 aliphatic rings. The molecule has 0 amide bonds. The topological polar surface area (TPSA) is 82.3 Å². The minimum absolute atomic E-state index is 0.0563. The zero-order chi connectivity index (χ0) is 12.0. The highest BCUT2D eigenvalue weighted by Crippen LogP contribution is 2.16. The fourth-order valence-electron chi connectivity index (χ4n) is 1.12. The van der Waals surface area contributed by atoms with E-state index >= 15 is 0 Å². The zero-order valence-corrected chi connectivity index (χ0v) is 9.86. The van der Waals surface area contributed by atoms with Crippen molar-refractivity contribution in [2.75, 3.05) is 18.6 Å². The molecular weight excluding hydrogens is 208 g/mol. The van der Waals surface area contributed by atoms with Gasteiger partial charge in [-0.3, -0.25) is 5.43 Å². The lowest BCUT2D eigenvalue weighted by molar-refractivity contribution is 0.0630. The fraction of sp³-hybridized carbons (Fsp3) is 0.600. The number of anilines is 1. The van der Waals surface area contributed by atoms with Crippen molar-refractivity contribution in [3.8, 4) is 5.88 Å². The lowest BCUT2D eigenvalue weighted by Gasteiger charge is -2.15. The van der Waals surface area contributed by atoms with Crippen LogP contribution < -0.4 is 16.0 Å². The van der Waals surface area contributed by atoms with Gasteiger partial charge in [-0.1, -0.05) is 0 Å². The summed E-state index contributed by atoms with van der Waals surface area (Å²) in [6.45, 7) is 6.95. The molecule has 0 fully saturated rings. The van der Waals surface area contributed by atoms with Crippen molar-refractivity contribution in [3.05, 3.63) is 11.8 Å². The van der Waals surface area contributed by atoms with Crippen LogP contribution in [0.5, 0.6) is 5.88 Å². The van der Waals surface area contributed by atoms with E-state index in [4.69, 9.17) is 15.3 Å². The summed E-state index contributed by atoms with van der Waals surface area (Å²) in [5.74, 6) is 6.09. The van der Waals surface area contributed by atoms with Gasteiger partial charge in [0, 0.05) is 18.4 Å². The molecule has 90 valence electrons. The summed E-state index contributed by atoms with van der Waals surface area (Å²) in [7, 11) is 0. The van der Waals surface area contributed by atoms with E-state index in [0.717, 1.165) is 5.56 Å². The molecule has 0 saturated carbocycles. The van der Waals surface area contributed by atoms with E-state index in [1.54, 1.807) is 6.20 Å². The van der Waals surface area contributed by atoms with Crippen molar-refractivity contribution in [2.45, 2.75) is 26.9 Å². The van der Waals surface area contributed by atoms with Gasteiger partial charge in [-0.25, -0.2) is 10.8 Å². The van der Waals surface area contributed by atoms with Crippen LogP contribution in [-0.2, 0) is 4.74 Å². The molecule has 1 atom stereocenters. The second kappa shape index (κ2) is 6.24. The first-order chi connectivity index (χ1) is 7.67. The lowest BCUT2D eigenvalue weighted by atomic mass is 10.3. The number of nitrogens with zero attached hydrogens (tertiary/aromatic N) is 2. The van der Waals surface area contributed by atoms with E-state index in [-0.39, 0.29) is 6.10 Å². The molecule has 0 bridgehead atoms. The Morgan fingerprint density at radius 3 is 2.94 bits per heavy atom. The molecule has 1 aromatic rings. The van der Waals surface area contributed by atoms with Crippen molar-refractivity contribution in [2.24, 2.45) is 5.84 Å². The Balaban J connectivity index is 2.64. The predicted molar refractivity (Wildman–Crippen MR) is 61.2 cm³/mol. The highest BCUT2D eigenvalue weighted by atomic mass is 16.5. The maximum atomic E-state index is 5.62. The third-order valence-electron chi connectivity index (χ3n) is 1.92. The summed E-state index contributed by atoms with van der Waals surface area (Å²) in [6, 6.07) is 0. The SMILES string of the molecule is CCOCC(C)Oc1nc(NN)ncc1C. The number of nitrogens with two attached hydrogens (primary N) is 1. The minimum Gasteiger partial charge on any atom is -0.472 e. The maximum Gasteiger partial charge on any atom is 0.240 e. The van der Waals surface area contributed by atoms with Crippen molar-refractivity contribution < 1.29 is 9.47 Å². The summed E-state index contributed by atoms with van der Waals surface area (Å²) in [6.07, 6.45) is 1.60. The highest BCUT2D eigenvalue weighted by molar-refractivity contribution is 5.31. The average molecular weight is 226 g/mol. The number of rotatable bonds is 6. The number of nitrogen functional groups attached to an aromatic ring is 1. The van der Waals surface area contributed by atoms with Crippen LogP contribution in [0.3, 0.4) is 0 Å². The first-order valence-corrected chi connectivity index (χ1v) is 5.22. The van der Waals surface area contributed by atoms with Gasteiger partial charge < -0.3 is 9.47 Å². The molecule has 0 aliphatic carbocycles. The molecule has 3 N–H and O–H groups in total.